The van der Waals surface area contributed by atoms with Crippen LogP contribution in [0.1, 0.15) is 0 Å². The number of aromatic nitrogens is 2. The Morgan fingerprint density at radius 1 is 0.960 bits per heavy atom. The number of carboxylic acid groups (broad SMARTS) is 1. The van der Waals surface area contributed by atoms with Gasteiger partial charge in [0.2, 0.25) is 0 Å². The first-order valence-electron chi connectivity index (χ1n) is 6.81. The van der Waals surface area contributed by atoms with E-state index in [-0.39, 0.29) is 12.3 Å². The molecule has 0 aliphatic carbocycles. The molecule has 0 bridgehead atoms. The van der Waals surface area contributed by atoms with Crippen molar-refractivity contribution in [3.8, 4) is 11.5 Å². The number of pyridine rings is 2. The molecule has 3 N–H and O–H groups in total. The third-order valence-electron chi connectivity index (χ3n) is 2.83. The van der Waals surface area contributed by atoms with E-state index < -0.39 is 35.4 Å². The molecule has 0 fully saturated rings. The number of carbonyl (C=O) groups excluding carboxylic acids is 1. The maximum absolute atomic E-state index is 11.1. The smallest absolute Gasteiger partial charge is 0.325 e. The van der Waals surface area contributed by atoms with Crippen molar-refractivity contribution in [2.75, 3.05) is 7.11 Å². The Balaban J connectivity index is 0.000000251. The second-order valence-corrected chi connectivity index (χ2v) is 4.62. The van der Waals surface area contributed by atoms with Crippen LogP contribution >= 0.6 is 0 Å². The van der Waals surface area contributed by atoms with Crippen LogP contribution in [0.5, 0.6) is 11.5 Å². The van der Waals surface area contributed by atoms with E-state index in [0.29, 0.717) is 0 Å². The molecule has 0 radical (unpaired) electrons. The molecule has 2 aromatic rings. The van der Waals surface area contributed by atoms with Crippen molar-refractivity contribution in [3.63, 3.8) is 0 Å². The van der Waals surface area contributed by atoms with Crippen LogP contribution in [0.25, 0.3) is 0 Å². The summed E-state index contributed by atoms with van der Waals surface area (Å²) >= 11 is 0. The first-order valence-corrected chi connectivity index (χ1v) is 6.81. The minimum Gasteiger partial charge on any atom is -0.503 e. The van der Waals surface area contributed by atoms with E-state index in [1.54, 1.807) is 0 Å². The fraction of sp³-hybridized carbons (Fsp3) is 0.200. The van der Waals surface area contributed by atoms with Crippen LogP contribution in [0.2, 0.25) is 0 Å². The van der Waals surface area contributed by atoms with Crippen molar-refractivity contribution in [1.29, 1.82) is 0 Å². The lowest BCUT2D eigenvalue weighted by atomic mass is 10.4. The molecule has 25 heavy (non-hydrogen) atoms. The summed E-state index contributed by atoms with van der Waals surface area (Å²) in [5, 5.41) is 26.2. The number of ether oxygens (including phenoxy) is 1. The van der Waals surface area contributed by atoms with Crippen molar-refractivity contribution in [1.82, 2.24) is 9.13 Å². The van der Waals surface area contributed by atoms with Crippen LogP contribution in [0.3, 0.4) is 0 Å². The summed E-state index contributed by atoms with van der Waals surface area (Å²) in [5.41, 5.74) is -1.30. The van der Waals surface area contributed by atoms with E-state index >= 15 is 0 Å². The Kier molecular flexibility index (Phi) is 6.95. The molecule has 134 valence electrons. The first kappa shape index (κ1) is 19.5. The first-order chi connectivity index (χ1) is 11.8. The average Bonchev–Trinajstić information content (AvgIpc) is 2.56. The van der Waals surface area contributed by atoms with E-state index in [2.05, 4.69) is 4.74 Å². The summed E-state index contributed by atoms with van der Waals surface area (Å²) in [5.74, 6) is -2.49. The number of hydrogen-bond acceptors (Lipinski definition) is 7. The maximum atomic E-state index is 11.1. The van der Waals surface area contributed by atoms with E-state index in [1.165, 1.54) is 43.8 Å². The largest absolute Gasteiger partial charge is 0.503 e. The molecule has 0 atom stereocenters. The van der Waals surface area contributed by atoms with Gasteiger partial charge in [-0.1, -0.05) is 0 Å². The minimum atomic E-state index is -1.12. The van der Waals surface area contributed by atoms with Gasteiger partial charge in [-0.2, -0.15) is 0 Å². The third kappa shape index (κ3) is 5.86. The molecule has 0 saturated heterocycles. The Morgan fingerprint density at radius 2 is 1.40 bits per heavy atom. The fourth-order valence-corrected chi connectivity index (χ4v) is 1.65. The van der Waals surface area contributed by atoms with Crippen LogP contribution < -0.4 is 11.1 Å². The standard InChI is InChI=1S/C8H9NO4.C7H7NO4/c1-13-7(11)5-9-4-2-3-6(10)8(9)12;9-5-2-1-3-8(7(5)12)4-6(10)11/h2-4,10H,5H2,1H3;1-3,9H,4H2,(H,10,11). The fourth-order valence-electron chi connectivity index (χ4n) is 1.65. The van der Waals surface area contributed by atoms with Gasteiger partial charge in [-0.05, 0) is 24.3 Å². The summed E-state index contributed by atoms with van der Waals surface area (Å²) in [7, 11) is 1.23. The number of esters is 1. The summed E-state index contributed by atoms with van der Waals surface area (Å²) < 4.78 is 6.35. The summed E-state index contributed by atoms with van der Waals surface area (Å²) in [6.45, 7) is -0.628. The number of aliphatic carboxylic acids is 1. The topological polar surface area (TPSA) is 148 Å². The number of carboxylic acids is 1. The normalized spacial score (nSPS) is 9.64. The highest BCUT2D eigenvalue weighted by molar-refractivity contribution is 5.69. The Bertz CT molecular complexity index is 868. The van der Waals surface area contributed by atoms with Gasteiger partial charge in [0.1, 0.15) is 13.1 Å². The summed E-state index contributed by atoms with van der Waals surface area (Å²) in [4.78, 5) is 43.1. The Hall–Kier alpha value is -3.56. The SMILES string of the molecule is COC(=O)Cn1cccc(O)c1=O.O=C(O)Cn1cccc(O)c1=O. The highest BCUT2D eigenvalue weighted by atomic mass is 16.5. The van der Waals surface area contributed by atoms with Crippen molar-refractivity contribution in [3.05, 3.63) is 57.4 Å². The molecular formula is C15H16N2O8. The highest BCUT2D eigenvalue weighted by Crippen LogP contribution is 1.98. The van der Waals surface area contributed by atoms with Crippen LogP contribution in [0.15, 0.2) is 46.2 Å². The molecule has 0 saturated carbocycles. The molecule has 0 aliphatic rings. The number of hydrogen-bond donors (Lipinski definition) is 3. The maximum Gasteiger partial charge on any atom is 0.325 e. The van der Waals surface area contributed by atoms with E-state index in [4.69, 9.17) is 15.3 Å². The number of nitrogens with zero attached hydrogens (tertiary/aromatic N) is 2. The van der Waals surface area contributed by atoms with Crippen molar-refractivity contribution in [2.24, 2.45) is 0 Å². The van der Waals surface area contributed by atoms with Gasteiger partial charge < -0.3 is 29.2 Å². The minimum absolute atomic E-state index is 0.191. The number of rotatable bonds is 4. The molecule has 0 unspecified atom stereocenters. The zero-order valence-corrected chi connectivity index (χ0v) is 13.2. The van der Waals surface area contributed by atoms with Gasteiger partial charge in [0.05, 0.1) is 7.11 Å². The second-order valence-electron chi connectivity index (χ2n) is 4.62. The van der Waals surface area contributed by atoms with Crippen LogP contribution in [0.4, 0.5) is 0 Å². The lowest BCUT2D eigenvalue weighted by Crippen LogP contribution is -2.23. The molecule has 10 heteroatoms. The van der Waals surface area contributed by atoms with Crippen LogP contribution in [-0.2, 0) is 27.4 Å². The molecule has 2 heterocycles. The van der Waals surface area contributed by atoms with Gasteiger partial charge in [0.25, 0.3) is 11.1 Å². The van der Waals surface area contributed by atoms with E-state index in [0.717, 1.165) is 9.13 Å². The predicted molar refractivity (Wildman–Crippen MR) is 84.4 cm³/mol. The zero-order valence-electron chi connectivity index (χ0n) is 13.2. The predicted octanol–water partition coefficient (Wildman–Crippen LogP) is -0.635. The zero-order chi connectivity index (χ0) is 19.0. The molecule has 0 spiro atoms. The third-order valence-corrected chi connectivity index (χ3v) is 2.83. The Morgan fingerprint density at radius 3 is 1.80 bits per heavy atom. The van der Waals surface area contributed by atoms with Gasteiger partial charge in [-0.15, -0.1) is 0 Å². The van der Waals surface area contributed by atoms with Crippen molar-refractivity contribution >= 4 is 11.9 Å². The number of carbonyl (C=O) groups is 2. The van der Waals surface area contributed by atoms with Gasteiger partial charge >= 0.3 is 11.9 Å². The Labute approximate surface area is 140 Å². The van der Waals surface area contributed by atoms with Crippen molar-refractivity contribution < 1.29 is 29.6 Å². The molecule has 10 nitrogen and oxygen atoms in total. The van der Waals surface area contributed by atoms with E-state index in [9.17, 15) is 19.2 Å². The number of aromatic hydroxyl groups is 2. The number of methoxy groups -OCH3 is 1. The van der Waals surface area contributed by atoms with Gasteiger partial charge in [0, 0.05) is 12.4 Å². The molecule has 0 amide bonds. The highest BCUT2D eigenvalue weighted by Gasteiger charge is 2.05. The summed E-state index contributed by atoms with van der Waals surface area (Å²) in [6, 6.07) is 5.34. The van der Waals surface area contributed by atoms with Gasteiger partial charge in [-0.25, -0.2) is 0 Å². The second kappa shape index (κ2) is 8.91. The lowest BCUT2D eigenvalue weighted by molar-refractivity contribution is -0.141. The monoisotopic (exact) mass is 352 g/mol. The van der Waals surface area contributed by atoms with Gasteiger partial charge in [-0.3, -0.25) is 19.2 Å². The molecule has 0 aromatic carbocycles. The van der Waals surface area contributed by atoms with E-state index in [1.807, 2.05) is 0 Å². The summed E-state index contributed by atoms with van der Waals surface area (Å²) in [6.07, 6.45) is 2.70. The molecule has 2 rings (SSSR count). The van der Waals surface area contributed by atoms with Crippen molar-refractivity contribution in [2.45, 2.75) is 13.1 Å². The average molecular weight is 352 g/mol. The van der Waals surface area contributed by atoms with Crippen LogP contribution in [-0.4, -0.2) is 43.5 Å². The lowest BCUT2D eigenvalue weighted by Gasteiger charge is -2.03. The molecule has 2 aromatic heterocycles. The quantitative estimate of drug-likeness (QED) is 0.616. The van der Waals surface area contributed by atoms with Gasteiger partial charge in [0.15, 0.2) is 11.5 Å². The molecular weight excluding hydrogens is 336 g/mol. The van der Waals surface area contributed by atoms with Crippen LogP contribution in [0, 0.1) is 0 Å². The molecule has 0 aliphatic heterocycles.